The number of nitro groups is 1. The first-order chi connectivity index (χ1) is 8.97. The van der Waals surface area contributed by atoms with Crippen molar-refractivity contribution >= 4 is 29.0 Å². The molecule has 98 valence electrons. The summed E-state index contributed by atoms with van der Waals surface area (Å²) in [6, 6.07) is 5.30. The molecule has 1 aliphatic heterocycles. The van der Waals surface area contributed by atoms with E-state index < -0.39 is 10.9 Å². The van der Waals surface area contributed by atoms with Crippen molar-refractivity contribution in [2.75, 3.05) is 5.01 Å². The minimum absolute atomic E-state index is 0.0523. The van der Waals surface area contributed by atoms with Crippen molar-refractivity contribution < 1.29 is 19.6 Å². The zero-order chi connectivity index (χ0) is 14.0. The molecule has 19 heavy (non-hydrogen) atoms. The van der Waals surface area contributed by atoms with Gasteiger partial charge in [-0.25, -0.2) is 5.01 Å². The molecular formula is C11H9N3O5. The van der Waals surface area contributed by atoms with Crippen LogP contribution in [0.4, 0.5) is 11.4 Å². The number of amides is 1. The third-order valence-corrected chi connectivity index (χ3v) is 2.49. The Hall–Kier alpha value is -2.77. The van der Waals surface area contributed by atoms with Gasteiger partial charge in [0.05, 0.1) is 29.2 Å². The smallest absolute Gasteiger partial charge is 0.309 e. The summed E-state index contributed by atoms with van der Waals surface area (Å²) in [5.74, 6) is -1.41. The van der Waals surface area contributed by atoms with Gasteiger partial charge in [0.15, 0.2) is 0 Å². The van der Waals surface area contributed by atoms with Gasteiger partial charge in [0.2, 0.25) is 0 Å². The van der Waals surface area contributed by atoms with Gasteiger partial charge in [0.25, 0.3) is 11.6 Å². The maximum atomic E-state index is 11.7. The SMILES string of the molecule is O=C(O)CC1=NN(c2ccc([N+](=O)[O-])cc2)C(=O)C1. The molecule has 1 heterocycles. The third-order valence-electron chi connectivity index (χ3n) is 2.49. The van der Waals surface area contributed by atoms with Crippen LogP contribution in [0, 0.1) is 10.1 Å². The van der Waals surface area contributed by atoms with Gasteiger partial charge in [0.1, 0.15) is 0 Å². The Labute approximate surface area is 107 Å². The molecule has 8 nitrogen and oxygen atoms in total. The molecule has 1 N–H and O–H groups in total. The van der Waals surface area contributed by atoms with Gasteiger partial charge < -0.3 is 5.11 Å². The Kier molecular flexibility index (Phi) is 3.23. The second-order valence-corrected chi connectivity index (χ2v) is 3.89. The minimum Gasteiger partial charge on any atom is -0.481 e. The molecule has 1 aromatic carbocycles. The molecule has 2 rings (SSSR count). The summed E-state index contributed by atoms with van der Waals surface area (Å²) >= 11 is 0. The molecule has 0 saturated heterocycles. The molecular weight excluding hydrogens is 254 g/mol. The van der Waals surface area contributed by atoms with Crippen molar-refractivity contribution in [1.29, 1.82) is 0 Å². The number of anilines is 1. The van der Waals surface area contributed by atoms with Crippen molar-refractivity contribution in [1.82, 2.24) is 0 Å². The number of rotatable bonds is 4. The quantitative estimate of drug-likeness (QED) is 0.646. The largest absolute Gasteiger partial charge is 0.481 e. The van der Waals surface area contributed by atoms with Crippen LogP contribution in [0.15, 0.2) is 29.4 Å². The number of nitro benzene ring substituents is 1. The number of hydrogen-bond donors (Lipinski definition) is 1. The molecule has 0 atom stereocenters. The zero-order valence-corrected chi connectivity index (χ0v) is 9.65. The van der Waals surface area contributed by atoms with E-state index in [1.54, 1.807) is 0 Å². The van der Waals surface area contributed by atoms with E-state index in [4.69, 9.17) is 5.11 Å². The summed E-state index contributed by atoms with van der Waals surface area (Å²) in [4.78, 5) is 32.2. The molecule has 8 heteroatoms. The van der Waals surface area contributed by atoms with E-state index in [0.717, 1.165) is 5.01 Å². The molecule has 0 saturated carbocycles. The molecule has 0 fully saturated rings. The molecule has 0 bridgehead atoms. The summed E-state index contributed by atoms with van der Waals surface area (Å²) in [7, 11) is 0. The van der Waals surface area contributed by atoms with Crippen molar-refractivity contribution in [2.24, 2.45) is 5.10 Å². The molecule has 1 amide bonds. The molecule has 0 radical (unpaired) electrons. The maximum absolute atomic E-state index is 11.7. The van der Waals surface area contributed by atoms with Crippen molar-refractivity contribution in [3.05, 3.63) is 34.4 Å². The van der Waals surface area contributed by atoms with Crippen molar-refractivity contribution in [3.8, 4) is 0 Å². The van der Waals surface area contributed by atoms with E-state index in [9.17, 15) is 19.7 Å². The van der Waals surface area contributed by atoms with Crippen LogP contribution >= 0.6 is 0 Å². The van der Waals surface area contributed by atoms with Crippen LogP contribution in [-0.4, -0.2) is 27.6 Å². The van der Waals surface area contributed by atoms with Gasteiger partial charge in [-0.15, -0.1) is 0 Å². The van der Waals surface area contributed by atoms with Gasteiger partial charge in [-0.3, -0.25) is 19.7 Å². The molecule has 0 spiro atoms. The molecule has 1 aromatic rings. The number of carboxylic acids is 1. The Morgan fingerprint density at radius 3 is 2.58 bits per heavy atom. The lowest BCUT2D eigenvalue weighted by Gasteiger charge is -2.10. The predicted octanol–water partition coefficient (Wildman–Crippen LogP) is 1.16. The highest BCUT2D eigenvalue weighted by Crippen LogP contribution is 2.23. The highest BCUT2D eigenvalue weighted by Gasteiger charge is 2.26. The number of hydrazone groups is 1. The number of carboxylic acid groups (broad SMARTS) is 1. The van der Waals surface area contributed by atoms with E-state index in [2.05, 4.69) is 5.10 Å². The lowest BCUT2D eigenvalue weighted by Crippen LogP contribution is -2.19. The van der Waals surface area contributed by atoms with Crippen LogP contribution in [0.1, 0.15) is 12.8 Å². The number of nitrogens with zero attached hydrogens (tertiary/aromatic N) is 3. The molecule has 0 aromatic heterocycles. The zero-order valence-electron chi connectivity index (χ0n) is 9.65. The highest BCUT2D eigenvalue weighted by molar-refractivity contribution is 6.16. The van der Waals surface area contributed by atoms with E-state index in [0.29, 0.717) is 5.69 Å². The topological polar surface area (TPSA) is 113 Å². The molecule has 1 aliphatic rings. The first kappa shape index (κ1) is 12.7. The van der Waals surface area contributed by atoms with Gasteiger partial charge in [-0.2, -0.15) is 5.10 Å². The van der Waals surface area contributed by atoms with Crippen LogP contribution in [0.5, 0.6) is 0 Å². The van der Waals surface area contributed by atoms with Crippen molar-refractivity contribution in [3.63, 3.8) is 0 Å². The average molecular weight is 263 g/mol. The Balaban J connectivity index is 2.21. The van der Waals surface area contributed by atoms with Crippen LogP contribution < -0.4 is 5.01 Å². The Morgan fingerprint density at radius 2 is 2.05 bits per heavy atom. The second-order valence-electron chi connectivity index (χ2n) is 3.89. The van der Waals surface area contributed by atoms with Crippen LogP contribution in [-0.2, 0) is 9.59 Å². The summed E-state index contributed by atoms with van der Waals surface area (Å²) in [6.45, 7) is 0. The highest BCUT2D eigenvalue weighted by atomic mass is 16.6. The number of benzene rings is 1. The Morgan fingerprint density at radius 1 is 1.42 bits per heavy atom. The van der Waals surface area contributed by atoms with Crippen LogP contribution in [0.2, 0.25) is 0 Å². The van der Waals surface area contributed by atoms with Crippen LogP contribution in [0.3, 0.4) is 0 Å². The van der Waals surface area contributed by atoms with Gasteiger partial charge in [0, 0.05) is 12.1 Å². The van der Waals surface area contributed by atoms with Crippen LogP contribution in [0.25, 0.3) is 0 Å². The van der Waals surface area contributed by atoms with E-state index in [1.807, 2.05) is 0 Å². The fraction of sp³-hybridized carbons (Fsp3) is 0.182. The monoisotopic (exact) mass is 263 g/mol. The average Bonchev–Trinajstić information content (AvgIpc) is 2.69. The number of hydrogen-bond acceptors (Lipinski definition) is 5. The summed E-state index contributed by atoms with van der Waals surface area (Å²) in [6.07, 6.45) is -0.349. The third kappa shape index (κ3) is 2.73. The normalized spacial score (nSPS) is 14.4. The fourth-order valence-electron chi connectivity index (χ4n) is 1.67. The van der Waals surface area contributed by atoms with Crippen molar-refractivity contribution in [2.45, 2.75) is 12.8 Å². The lowest BCUT2D eigenvalue weighted by molar-refractivity contribution is -0.384. The predicted molar refractivity (Wildman–Crippen MR) is 64.9 cm³/mol. The first-order valence-corrected chi connectivity index (χ1v) is 5.33. The minimum atomic E-state index is -1.06. The van der Waals surface area contributed by atoms with E-state index in [-0.39, 0.29) is 30.1 Å². The number of carbonyl (C=O) groups is 2. The molecule has 0 unspecified atom stereocenters. The summed E-state index contributed by atoms with van der Waals surface area (Å²) in [5.41, 5.74) is 0.539. The lowest BCUT2D eigenvalue weighted by atomic mass is 10.2. The van der Waals surface area contributed by atoms with Gasteiger partial charge >= 0.3 is 5.97 Å². The molecule has 0 aliphatic carbocycles. The number of aliphatic carboxylic acids is 1. The first-order valence-electron chi connectivity index (χ1n) is 5.33. The number of carbonyl (C=O) groups excluding carboxylic acids is 1. The van der Waals surface area contributed by atoms with Gasteiger partial charge in [-0.05, 0) is 12.1 Å². The van der Waals surface area contributed by atoms with E-state index >= 15 is 0 Å². The fourth-order valence-corrected chi connectivity index (χ4v) is 1.67. The standard InChI is InChI=1S/C11H9N3O5/c15-10-5-7(6-11(16)17)12-13(10)8-1-3-9(4-2-8)14(18)19/h1-4H,5-6H2,(H,16,17). The maximum Gasteiger partial charge on any atom is 0.309 e. The number of non-ortho nitro benzene ring substituents is 1. The Bertz CT molecular complexity index is 578. The van der Waals surface area contributed by atoms with E-state index in [1.165, 1.54) is 24.3 Å². The summed E-state index contributed by atoms with van der Waals surface area (Å²) in [5, 5.41) is 24.1. The second kappa shape index (κ2) is 4.84. The van der Waals surface area contributed by atoms with Gasteiger partial charge in [-0.1, -0.05) is 0 Å². The summed E-state index contributed by atoms with van der Waals surface area (Å²) < 4.78 is 0.